The Morgan fingerprint density at radius 1 is 1.16 bits per heavy atom. The van der Waals surface area contributed by atoms with Crippen molar-refractivity contribution in [2.24, 2.45) is 5.92 Å². The summed E-state index contributed by atoms with van der Waals surface area (Å²) in [6.45, 7) is 3.90. The van der Waals surface area contributed by atoms with Gasteiger partial charge in [0.25, 0.3) is 0 Å². The summed E-state index contributed by atoms with van der Waals surface area (Å²) in [6.07, 6.45) is 2.56. The lowest BCUT2D eigenvalue weighted by Gasteiger charge is -2.01. The van der Waals surface area contributed by atoms with E-state index in [1.54, 1.807) is 24.3 Å². The minimum Gasteiger partial charge on any atom is -0.457 e. The maximum Gasteiger partial charge on any atom is 0.146 e. The Bertz CT molecular complexity index is 591. The van der Waals surface area contributed by atoms with Crippen LogP contribution in [0, 0.1) is 11.7 Å². The molecule has 0 atom stereocenters. The molecular formula is C16H15FO2. The molecule has 1 aromatic carbocycles. The van der Waals surface area contributed by atoms with Crippen molar-refractivity contribution in [3.05, 3.63) is 53.5 Å². The molecular weight excluding hydrogens is 243 g/mol. The number of benzene rings is 1. The van der Waals surface area contributed by atoms with E-state index < -0.39 is 0 Å². The molecule has 3 heteroatoms. The van der Waals surface area contributed by atoms with E-state index in [9.17, 15) is 9.18 Å². The van der Waals surface area contributed by atoms with Crippen LogP contribution in [0.25, 0.3) is 17.4 Å². The predicted octanol–water partition coefficient (Wildman–Crippen LogP) is 4.32. The van der Waals surface area contributed by atoms with E-state index in [4.69, 9.17) is 4.42 Å². The van der Waals surface area contributed by atoms with E-state index in [1.807, 2.05) is 19.9 Å². The lowest BCUT2D eigenvalue weighted by atomic mass is 10.0. The molecule has 19 heavy (non-hydrogen) atoms. The topological polar surface area (TPSA) is 30.2 Å². The fourth-order valence-corrected chi connectivity index (χ4v) is 1.70. The summed E-state index contributed by atoms with van der Waals surface area (Å²) in [5, 5.41) is 0. The third-order valence-corrected chi connectivity index (χ3v) is 2.87. The number of furan rings is 1. The van der Waals surface area contributed by atoms with Gasteiger partial charge in [0.1, 0.15) is 23.6 Å². The molecule has 1 heterocycles. The van der Waals surface area contributed by atoms with Gasteiger partial charge < -0.3 is 4.42 Å². The summed E-state index contributed by atoms with van der Waals surface area (Å²) in [6, 6.07) is 9.69. The first-order valence-corrected chi connectivity index (χ1v) is 6.12. The van der Waals surface area contributed by atoms with Gasteiger partial charge in [0.15, 0.2) is 0 Å². The predicted molar refractivity (Wildman–Crippen MR) is 73.0 cm³/mol. The summed E-state index contributed by atoms with van der Waals surface area (Å²) in [5.41, 5.74) is 1.48. The third kappa shape index (κ3) is 3.19. The van der Waals surface area contributed by atoms with Crippen LogP contribution in [-0.2, 0) is 4.79 Å². The number of carbonyl (C=O) groups is 1. The minimum atomic E-state index is -0.279. The molecule has 0 aliphatic heterocycles. The molecule has 0 aliphatic carbocycles. The molecule has 2 aromatic rings. The Kier molecular flexibility index (Phi) is 3.95. The maximum atomic E-state index is 12.8. The fraction of sp³-hybridized carbons (Fsp3) is 0.188. The fourth-order valence-electron chi connectivity index (χ4n) is 1.70. The van der Waals surface area contributed by atoms with Crippen LogP contribution in [0.5, 0.6) is 0 Å². The number of rotatable bonds is 4. The van der Waals surface area contributed by atoms with Crippen LogP contribution in [0.15, 0.2) is 46.4 Å². The van der Waals surface area contributed by atoms with Gasteiger partial charge in [0, 0.05) is 5.56 Å². The molecule has 1 aromatic heterocycles. The second-order valence-electron chi connectivity index (χ2n) is 4.63. The highest BCUT2D eigenvalue weighted by Gasteiger charge is 2.06. The van der Waals surface area contributed by atoms with Gasteiger partial charge in [-0.3, -0.25) is 4.79 Å². The quantitative estimate of drug-likeness (QED) is 0.603. The molecule has 0 amide bonds. The molecule has 98 valence electrons. The van der Waals surface area contributed by atoms with Crippen molar-refractivity contribution in [3.8, 4) is 11.3 Å². The number of aldehydes is 1. The van der Waals surface area contributed by atoms with Gasteiger partial charge >= 0.3 is 0 Å². The Balaban J connectivity index is 2.29. The first-order valence-electron chi connectivity index (χ1n) is 6.12. The lowest BCUT2D eigenvalue weighted by molar-refractivity contribution is -0.105. The molecule has 0 saturated carbocycles. The van der Waals surface area contributed by atoms with E-state index in [0.29, 0.717) is 17.1 Å². The van der Waals surface area contributed by atoms with E-state index >= 15 is 0 Å². The lowest BCUT2D eigenvalue weighted by Crippen LogP contribution is -1.94. The van der Waals surface area contributed by atoms with Gasteiger partial charge in [-0.1, -0.05) is 13.8 Å². The molecule has 0 N–H and O–H groups in total. The SMILES string of the molecule is CC(C)C(C=O)=Cc1ccc(-c2ccc(F)cc2)o1. The van der Waals surface area contributed by atoms with Crippen LogP contribution in [0.2, 0.25) is 0 Å². The molecule has 0 spiro atoms. The van der Waals surface area contributed by atoms with E-state index in [0.717, 1.165) is 11.8 Å². The molecule has 2 rings (SSSR count). The van der Waals surface area contributed by atoms with Crippen molar-refractivity contribution < 1.29 is 13.6 Å². The van der Waals surface area contributed by atoms with Crippen LogP contribution >= 0.6 is 0 Å². The zero-order chi connectivity index (χ0) is 13.8. The Morgan fingerprint density at radius 3 is 2.42 bits per heavy atom. The second kappa shape index (κ2) is 5.65. The number of carbonyl (C=O) groups excluding carboxylic acids is 1. The van der Waals surface area contributed by atoms with Crippen LogP contribution in [0.1, 0.15) is 19.6 Å². The third-order valence-electron chi connectivity index (χ3n) is 2.87. The standard InChI is InChI=1S/C16H15FO2/c1-11(2)13(10-18)9-15-7-8-16(19-15)12-3-5-14(17)6-4-12/h3-11H,1-2H3. The van der Waals surface area contributed by atoms with Gasteiger partial charge in [0.2, 0.25) is 0 Å². The highest BCUT2D eigenvalue weighted by Crippen LogP contribution is 2.24. The first-order chi connectivity index (χ1) is 9.10. The van der Waals surface area contributed by atoms with Crippen molar-refractivity contribution in [1.82, 2.24) is 0 Å². The highest BCUT2D eigenvalue weighted by atomic mass is 19.1. The number of allylic oxidation sites excluding steroid dienone is 1. The van der Waals surface area contributed by atoms with Gasteiger partial charge in [-0.15, -0.1) is 0 Å². The van der Waals surface area contributed by atoms with Crippen LogP contribution < -0.4 is 0 Å². The molecule has 0 saturated heterocycles. The molecule has 2 nitrogen and oxygen atoms in total. The second-order valence-corrected chi connectivity index (χ2v) is 4.63. The molecule has 0 aliphatic rings. The number of hydrogen-bond acceptors (Lipinski definition) is 2. The Morgan fingerprint density at radius 2 is 1.84 bits per heavy atom. The van der Waals surface area contributed by atoms with E-state index in [2.05, 4.69) is 0 Å². The van der Waals surface area contributed by atoms with Crippen LogP contribution in [0.3, 0.4) is 0 Å². The van der Waals surface area contributed by atoms with Gasteiger partial charge in [-0.25, -0.2) is 4.39 Å². The molecule has 0 fully saturated rings. The Hall–Kier alpha value is -2.16. The summed E-state index contributed by atoms with van der Waals surface area (Å²) >= 11 is 0. The molecule has 0 unspecified atom stereocenters. The van der Waals surface area contributed by atoms with Crippen molar-refractivity contribution in [1.29, 1.82) is 0 Å². The van der Waals surface area contributed by atoms with Crippen molar-refractivity contribution >= 4 is 12.4 Å². The minimum absolute atomic E-state index is 0.150. The maximum absolute atomic E-state index is 12.8. The highest BCUT2D eigenvalue weighted by molar-refractivity contribution is 5.81. The summed E-state index contributed by atoms with van der Waals surface area (Å²) in [4.78, 5) is 10.9. The Labute approximate surface area is 111 Å². The molecule has 0 radical (unpaired) electrons. The zero-order valence-electron chi connectivity index (χ0n) is 10.9. The normalized spacial score (nSPS) is 11.9. The smallest absolute Gasteiger partial charge is 0.146 e. The summed E-state index contributed by atoms with van der Waals surface area (Å²) in [7, 11) is 0. The zero-order valence-corrected chi connectivity index (χ0v) is 10.9. The van der Waals surface area contributed by atoms with Crippen molar-refractivity contribution in [2.45, 2.75) is 13.8 Å². The van der Waals surface area contributed by atoms with Crippen LogP contribution in [-0.4, -0.2) is 6.29 Å². The summed E-state index contributed by atoms with van der Waals surface area (Å²) in [5.74, 6) is 1.14. The van der Waals surface area contributed by atoms with Gasteiger partial charge in [-0.2, -0.15) is 0 Å². The number of halogens is 1. The van der Waals surface area contributed by atoms with E-state index in [1.165, 1.54) is 12.1 Å². The molecule has 0 bridgehead atoms. The monoisotopic (exact) mass is 258 g/mol. The van der Waals surface area contributed by atoms with Crippen LogP contribution in [0.4, 0.5) is 4.39 Å². The average Bonchev–Trinajstić information content (AvgIpc) is 2.85. The largest absolute Gasteiger partial charge is 0.457 e. The average molecular weight is 258 g/mol. The number of hydrogen-bond donors (Lipinski definition) is 0. The van der Waals surface area contributed by atoms with Crippen molar-refractivity contribution in [3.63, 3.8) is 0 Å². The summed E-state index contributed by atoms with van der Waals surface area (Å²) < 4.78 is 18.5. The van der Waals surface area contributed by atoms with E-state index in [-0.39, 0.29) is 11.7 Å². The first kappa shape index (κ1) is 13.3. The van der Waals surface area contributed by atoms with Crippen molar-refractivity contribution in [2.75, 3.05) is 0 Å². The van der Waals surface area contributed by atoms with Gasteiger partial charge in [0.05, 0.1) is 0 Å². The van der Waals surface area contributed by atoms with Gasteiger partial charge in [-0.05, 0) is 54.0 Å².